The Morgan fingerprint density at radius 1 is 1.23 bits per heavy atom. The van der Waals surface area contributed by atoms with E-state index in [0.717, 1.165) is 29.3 Å². The number of thiophene rings is 1. The van der Waals surface area contributed by atoms with Crippen LogP contribution in [0.15, 0.2) is 24.3 Å². The van der Waals surface area contributed by atoms with Crippen LogP contribution >= 0.6 is 11.3 Å². The fourth-order valence-corrected chi connectivity index (χ4v) is 5.18. The Kier molecular flexibility index (Phi) is 3.22. The van der Waals surface area contributed by atoms with Gasteiger partial charge in [-0.1, -0.05) is 19.1 Å². The molecule has 2 aromatic rings. The molecule has 1 aromatic carbocycles. The highest BCUT2D eigenvalue weighted by molar-refractivity contribution is 7.16. The van der Waals surface area contributed by atoms with Crippen LogP contribution in [0.1, 0.15) is 47.3 Å². The first kappa shape index (κ1) is 13.8. The lowest BCUT2D eigenvalue weighted by atomic mass is 9.80. The van der Waals surface area contributed by atoms with Gasteiger partial charge in [0.2, 0.25) is 5.91 Å². The molecule has 1 aliphatic heterocycles. The van der Waals surface area contributed by atoms with Crippen molar-refractivity contribution in [2.24, 2.45) is 5.92 Å². The summed E-state index contributed by atoms with van der Waals surface area (Å²) in [5, 5.41) is 13.6. The van der Waals surface area contributed by atoms with Gasteiger partial charge in [0.15, 0.2) is 0 Å². The predicted molar refractivity (Wildman–Crippen MR) is 88.7 cm³/mol. The topological polar surface area (TPSA) is 49.3 Å². The maximum Gasteiger partial charge on any atom is 0.225 e. The molecule has 0 fully saturated rings. The molecule has 22 heavy (non-hydrogen) atoms. The maximum atomic E-state index is 12.1. The summed E-state index contributed by atoms with van der Waals surface area (Å²) < 4.78 is 0. The van der Waals surface area contributed by atoms with E-state index < -0.39 is 0 Å². The van der Waals surface area contributed by atoms with Crippen molar-refractivity contribution < 1.29 is 9.90 Å². The van der Waals surface area contributed by atoms with Crippen LogP contribution in [-0.2, 0) is 17.6 Å². The van der Waals surface area contributed by atoms with Crippen LogP contribution in [0.2, 0.25) is 0 Å². The van der Waals surface area contributed by atoms with Gasteiger partial charge < -0.3 is 10.4 Å². The summed E-state index contributed by atoms with van der Waals surface area (Å²) in [5.74, 6) is 1.22. The van der Waals surface area contributed by atoms with E-state index in [2.05, 4.69) is 12.2 Å². The lowest BCUT2D eigenvalue weighted by molar-refractivity contribution is -0.116. The average molecular weight is 313 g/mol. The number of nitrogens with one attached hydrogen (secondary N) is 1. The molecule has 0 saturated heterocycles. The van der Waals surface area contributed by atoms with E-state index in [9.17, 15) is 9.90 Å². The molecular weight excluding hydrogens is 294 g/mol. The number of fused-ring (bicyclic) bond motifs is 3. The summed E-state index contributed by atoms with van der Waals surface area (Å²) in [6, 6.07) is 7.31. The van der Waals surface area contributed by atoms with E-state index in [1.54, 1.807) is 23.5 Å². The van der Waals surface area contributed by atoms with Crippen LogP contribution in [0.25, 0.3) is 0 Å². The fraction of sp³-hybridized carbons (Fsp3) is 0.389. The number of hydrogen-bond acceptors (Lipinski definition) is 3. The van der Waals surface area contributed by atoms with Crippen molar-refractivity contribution in [2.75, 3.05) is 5.32 Å². The molecule has 1 aliphatic carbocycles. The van der Waals surface area contributed by atoms with Crippen LogP contribution in [0.5, 0.6) is 5.75 Å². The number of carbonyl (C=O) groups is 1. The van der Waals surface area contributed by atoms with Crippen LogP contribution in [-0.4, -0.2) is 11.0 Å². The van der Waals surface area contributed by atoms with Gasteiger partial charge in [-0.15, -0.1) is 11.3 Å². The zero-order valence-electron chi connectivity index (χ0n) is 12.6. The summed E-state index contributed by atoms with van der Waals surface area (Å²) in [6.45, 7) is 2.30. The first-order valence-electron chi connectivity index (χ1n) is 7.85. The molecule has 2 N–H and O–H groups in total. The number of aromatic hydroxyl groups is 1. The molecule has 2 atom stereocenters. The summed E-state index contributed by atoms with van der Waals surface area (Å²) >= 11 is 1.77. The molecular formula is C18H19NO2S. The number of amides is 1. The molecule has 3 nitrogen and oxygen atoms in total. The SMILES string of the molecule is C[C@H]1CCc2c(sc3c2[C@H](c2ccc(O)cc2)CC(=O)N3)C1. The molecule has 1 amide bonds. The first-order chi connectivity index (χ1) is 10.6. The van der Waals surface area contributed by atoms with Crippen LogP contribution in [0.4, 0.5) is 5.00 Å². The molecule has 0 radical (unpaired) electrons. The second-order valence-corrected chi connectivity index (χ2v) is 7.60. The zero-order chi connectivity index (χ0) is 15.3. The van der Waals surface area contributed by atoms with Gasteiger partial charge in [0.25, 0.3) is 0 Å². The van der Waals surface area contributed by atoms with E-state index >= 15 is 0 Å². The molecule has 4 heteroatoms. The van der Waals surface area contributed by atoms with E-state index in [0.29, 0.717) is 6.42 Å². The lowest BCUT2D eigenvalue weighted by Gasteiger charge is -2.26. The Labute approximate surface area is 134 Å². The Morgan fingerprint density at radius 3 is 2.77 bits per heavy atom. The normalized spacial score (nSPS) is 23.6. The quantitative estimate of drug-likeness (QED) is 0.834. The van der Waals surface area contributed by atoms with Gasteiger partial charge in [-0.25, -0.2) is 0 Å². The minimum Gasteiger partial charge on any atom is -0.508 e. The molecule has 0 spiro atoms. The fourth-order valence-electron chi connectivity index (χ4n) is 3.69. The Hall–Kier alpha value is -1.81. The summed E-state index contributed by atoms with van der Waals surface area (Å²) in [6.07, 6.45) is 3.97. The zero-order valence-corrected chi connectivity index (χ0v) is 13.4. The number of phenolic OH excluding ortho intramolecular Hbond substituents is 1. The number of anilines is 1. The third-order valence-corrected chi connectivity index (χ3v) is 6.02. The number of benzene rings is 1. The number of rotatable bonds is 1. The van der Waals surface area contributed by atoms with Gasteiger partial charge in [-0.05, 0) is 54.0 Å². The van der Waals surface area contributed by atoms with E-state index in [1.165, 1.54) is 22.4 Å². The maximum absolute atomic E-state index is 12.1. The van der Waals surface area contributed by atoms with Crippen molar-refractivity contribution in [3.05, 3.63) is 45.8 Å². The summed E-state index contributed by atoms with van der Waals surface area (Å²) in [5.41, 5.74) is 3.92. The molecule has 0 unspecified atom stereocenters. The summed E-state index contributed by atoms with van der Waals surface area (Å²) in [7, 11) is 0. The van der Waals surface area contributed by atoms with E-state index in [-0.39, 0.29) is 17.6 Å². The van der Waals surface area contributed by atoms with Crippen molar-refractivity contribution in [2.45, 2.75) is 38.5 Å². The molecule has 114 valence electrons. The summed E-state index contributed by atoms with van der Waals surface area (Å²) in [4.78, 5) is 13.6. The van der Waals surface area contributed by atoms with Gasteiger partial charge >= 0.3 is 0 Å². The van der Waals surface area contributed by atoms with Crippen molar-refractivity contribution in [3.63, 3.8) is 0 Å². The third kappa shape index (κ3) is 2.22. The number of hydrogen-bond donors (Lipinski definition) is 2. The second-order valence-electron chi connectivity index (χ2n) is 6.49. The third-order valence-electron chi connectivity index (χ3n) is 4.84. The monoisotopic (exact) mass is 313 g/mol. The number of carbonyl (C=O) groups excluding carboxylic acids is 1. The minimum atomic E-state index is 0.0946. The van der Waals surface area contributed by atoms with Gasteiger partial charge in [0.05, 0.1) is 5.00 Å². The van der Waals surface area contributed by atoms with Crippen molar-refractivity contribution in [1.29, 1.82) is 0 Å². The molecule has 0 bridgehead atoms. The predicted octanol–water partition coefficient (Wildman–Crippen LogP) is 4.05. The van der Waals surface area contributed by atoms with Crippen molar-refractivity contribution >= 4 is 22.2 Å². The Balaban J connectivity index is 1.82. The molecule has 0 saturated carbocycles. The van der Waals surface area contributed by atoms with Crippen LogP contribution < -0.4 is 5.32 Å². The van der Waals surface area contributed by atoms with Crippen LogP contribution in [0, 0.1) is 5.92 Å². The smallest absolute Gasteiger partial charge is 0.225 e. The molecule has 2 heterocycles. The Bertz CT molecular complexity index is 732. The lowest BCUT2D eigenvalue weighted by Crippen LogP contribution is -2.23. The van der Waals surface area contributed by atoms with Gasteiger partial charge in [0, 0.05) is 17.2 Å². The minimum absolute atomic E-state index is 0.0946. The van der Waals surface area contributed by atoms with E-state index in [1.807, 2.05) is 12.1 Å². The largest absolute Gasteiger partial charge is 0.508 e. The van der Waals surface area contributed by atoms with Gasteiger partial charge in [-0.3, -0.25) is 4.79 Å². The van der Waals surface area contributed by atoms with Gasteiger partial charge in [-0.2, -0.15) is 0 Å². The van der Waals surface area contributed by atoms with Crippen molar-refractivity contribution in [1.82, 2.24) is 0 Å². The molecule has 4 rings (SSSR count). The standard InChI is InChI=1S/C18H19NO2S/c1-10-2-7-13-15(8-10)22-18-17(13)14(9-16(21)19-18)11-3-5-12(20)6-4-11/h3-6,10,14,20H,2,7-9H2,1H3,(H,19,21)/t10-,14-/m0/s1. The highest BCUT2D eigenvalue weighted by atomic mass is 32.1. The number of phenols is 1. The second kappa shape index (κ2) is 5.13. The van der Waals surface area contributed by atoms with Crippen molar-refractivity contribution in [3.8, 4) is 5.75 Å². The van der Waals surface area contributed by atoms with Gasteiger partial charge in [0.1, 0.15) is 5.75 Å². The van der Waals surface area contributed by atoms with E-state index in [4.69, 9.17) is 0 Å². The average Bonchev–Trinajstić information content (AvgIpc) is 2.84. The Morgan fingerprint density at radius 2 is 2.00 bits per heavy atom. The van der Waals surface area contributed by atoms with Crippen LogP contribution in [0.3, 0.4) is 0 Å². The molecule has 1 aromatic heterocycles. The molecule has 2 aliphatic rings. The first-order valence-corrected chi connectivity index (χ1v) is 8.66. The highest BCUT2D eigenvalue weighted by Crippen LogP contribution is 2.48. The highest BCUT2D eigenvalue weighted by Gasteiger charge is 2.34.